The number of nitro groups is 1. The van der Waals surface area contributed by atoms with Gasteiger partial charge in [-0.3, -0.25) is 10.1 Å². The van der Waals surface area contributed by atoms with Gasteiger partial charge in [0.1, 0.15) is 0 Å². The molecule has 0 radical (unpaired) electrons. The molecule has 0 unspecified atom stereocenters. The Labute approximate surface area is 137 Å². The summed E-state index contributed by atoms with van der Waals surface area (Å²) in [4.78, 5) is 10.6. The molecule has 0 aliphatic carbocycles. The van der Waals surface area contributed by atoms with E-state index >= 15 is 0 Å². The molecule has 0 aliphatic rings. The SMILES string of the molecule is O=[N+]([O-])c1cc(Br)ccc1CNc1ccc(Br)c(Cl)c1. The number of nitro benzene ring substituents is 1. The van der Waals surface area contributed by atoms with E-state index in [1.165, 1.54) is 6.07 Å². The lowest BCUT2D eigenvalue weighted by molar-refractivity contribution is -0.385. The van der Waals surface area contributed by atoms with Crippen LogP contribution in [-0.4, -0.2) is 4.92 Å². The largest absolute Gasteiger partial charge is 0.381 e. The lowest BCUT2D eigenvalue weighted by Crippen LogP contribution is -2.03. The number of hydrogen-bond donors (Lipinski definition) is 1. The number of nitrogens with zero attached hydrogens (tertiary/aromatic N) is 1. The monoisotopic (exact) mass is 418 g/mol. The first kappa shape index (κ1) is 15.3. The summed E-state index contributed by atoms with van der Waals surface area (Å²) < 4.78 is 1.49. The van der Waals surface area contributed by atoms with Crippen LogP contribution in [0.25, 0.3) is 0 Å². The minimum absolute atomic E-state index is 0.0788. The Morgan fingerprint density at radius 1 is 1.20 bits per heavy atom. The van der Waals surface area contributed by atoms with Gasteiger partial charge < -0.3 is 5.32 Å². The Kier molecular flexibility index (Phi) is 5.01. The van der Waals surface area contributed by atoms with Crippen molar-refractivity contribution in [1.29, 1.82) is 0 Å². The number of benzene rings is 2. The zero-order chi connectivity index (χ0) is 14.7. The minimum atomic E-state index is -0.393. The number of rotatable bonds is 4. The summed E-state index contributed by atoms with van der Waals surface area (Å²) >= 11 is 12.5. The Morgan fingerprint density at radius 2 is 1.95 bits per heavy atom. The van der Waals surface area contributed by atoms with Gasteiger partial charge >= 0.3 is 0 Å². The zero-order valence-electron chi connectivity index (χ0n) is 10.1. The van der Waals surface area contributed by atoms with Gasteiger partial charge in [0, 0.05) is 32.8 Å². The third kappa shape index (κ3) is 3.71. The van der Waals surface area contributed by atoms with Crippen LogP contribution in [0.2, 0.25) is 5.02 Å². The summed E-state index contributed by atoms with van der Waals surface area (Å²) in [6.07, 6.45) is 0. The van der Waals surface area contributed by atoms with E-state index < -0.39 is 4.92 Å². The molecule has 0 aliphatic heterocycles. The molecule has 2 rings (SSSR count). The van der Waals surface area contributed by atoms with Crippen molar-refractivity contribution in [3.63, 3.8) is 0 Å². The molecule has 4 nitrogen and oxygen atoms in total. The average molecular weight is 420 g/mol. The molecule has 0 amide bonds. The Balaban J connectivity index is 2.18. The summed E-state index contributed by atoms with van der Waals surface area (Å²) in [5.41, 5.74) is 1.49. The van der Waals surface area contributed by atoms with Crippen LogP contribution in [0.1, 0.15) is 5.56 Å². The fourth-order valence-electron chi connectivity index (χ4n) is 1.66. The first-order valence-electron chi connectivity index (χ1n) is 5.59. The molecule has 0 saturated carbocycles. The standard InChI is InChI=1S/C13H9Br2ClN2O2/c14-9-2-1-8(13(5-9)18(19)20)7-17-10-3-4-11(15)12(16)6-10/h1-6,17H,7H2. The fraction of sp³-hybridized carbons (Fsp3) is 0.0769. The van der Waals surface area contributed by atoms with E-state index in [2.05, 4.69) is 37.2 Å². The van der Waals surface area contributed by atoms with Crippen molar-refractivity contribution in [2.24, 2.45) is 0 Å². The van der Waals surface area contributed by atoms with Crippen LogP contribution in [0, 0.1) is 10.1 Å². The third-order valence-electron chi connectivity index (χ3n) is 2.65. The Morgan fingerprint density at radius 3 is 2.60 bits per heavy atom. The highest BCUT2D eigenvalue weighted by atomic mass is 79.9. The number of halogens is 3. The van der Waals surface area contributed by atoms with Crippen molar-refractivity contribution in [2.45, 2.75) is 6.54 Å². The molecule has 0 saturated heterocycles. The number of nitrogens with one attached hydrogen (secondary N) is 1. The quantitative estimate of drug-likeness (QED) is 0.533. The van der Waals surface area contributed by atoms with Gasteiger partial charge in [0.15, 0.2) is 0 Å². The number of anilines is 1. The maximum Gasteiger partial charge on any atom is 0.275 e. The summed E-state index contributed by atoms with van der Waals surface area (Å²) in [5.74, 6) is 0. The third-order valence-corrected chi connectivity index (χ3v) is 4.37. The van der Waals surface area contributed by atoms with E-state index in [1.54, 1.807) is 18.2 Å². The normalized spacial score (nSPS) is 10.3. The van der Waals surface area contributed by atoms with Crippen molar-refractivity contribution < 1.29 is 4.92 Å². The van der Waals surface area contributed by atoms with E-state index in [9.17, 15) is 10.1 Å². The molecule has 104 valence electrons. The van der Waals surface area contributed by atoms with Gasteiger partial charge in [-0.2, -0.15) is 0 Å². The summed E-state index contributed by atoms with van der Waals surface area (Å²) in [6, 6.07) is 10.4. The summed E-state index contributed by atoms with van der Waals surface area (Å²) in [6.45, 7) is 0.349. The van der Waals surface area contributed by atoms with Crippen LogP contribution in [0.15, 0.2) is 45.3 Å². The molecular formula is C13H9Br2ClN2O2. The Hall–Kier alpha value is -1.11. The zero-order valence-corrected chi connectivity index (χ0v) is 14.0. The lowest BCUT2D eigenvalue weighted by Gasteiger charge is -2.08. The molecule has 20 heavy (non-hydrogen) atoms. The fourth-order valence-corrected chi connectivity index (χ4v) is 2.44. The molecule has 7 heteroatoms. The first-order chi connectivity index (χ1) is 9.47. The van der Waals surface area contributed by atoms with Crippen molar-refractivity contribution in [2.75, 3.05) is 5.32 Å². The predicted octanol–water partition coefficient (Wildman–Crippen LogP) is 5.39. The highest BCUT2D eigenvalue weighted by Crippen LogP contribution is 2.27. The van der Waals surface area contributed by atoms with E-state index in [0.29, 0.717) is 21.6 Å². The molecular weight excluding hydrogens is 411 g/mol. The predicted molar refractivity (Wildman–Crippen MR) is 87.3 cm³/mol. The van der Waals surface area contributed by atoms with Crippen LogP contribution in [0.5, 0.6) is 0 Å². The summed E-state index contributed by atoms with van der Waals surface area (Å²) in [5, 5.41) is 14.7. The second-order valence-electron chi connectivity index (χ2n) is 4.01. The maximum absolute atomic E-state index is 11.0. The molecule has 0 spiro atoms. The van der Waals surface area contributed by atoms with Gasteiger partial charge in [-0.15, -0.1) is 0 Å². The highest BCUT2D eigenvalue weighted by Gasteiger charge is 2.13. The first-order valence-corrected chi connectivity index (χ1v) is 7.55. The molecule has 1 N–H and O–H groups in total. The van der Waals surface area contributed by atoms with Crippen LogP contribution < -0.4 is 5.32 Å². The maximum atomic E-state index is 11.0. The lowest BCUT2D eigenvalue weighted by atomic mass is 10.2. The molecule has 0 atom stereocenters. The topological polar surface area (TPSA) is 55.2 Å². The van der Waals surface area contributed by atoms with Gasteiger partial charge in [0.25, 0.3) is 5.69 Å². The second kappa shape index (κ2) is 6.56. The van der Waals surface area contributed by atoms with Crippen molar-refractivity contribution in [3.8, 4) is 0 Å². The van der Waals surface area contributed by atoms with Gasteiger partial charge in [-0.1, -0.05) is 27.5 Å². The smallest absolute Gasteiger partial charge is 0.275 e. The molecule has 0 heterocycles. The van der Waals surface area contributed by atoms with Crippen molar-refractivity contribution >= 4 is 54.8 Å². The highest BCUT2D eigenvalue weighted by molar-refractivity contribution is 9.10. The van der Waals surface area contributed by atoms with Gasteiger partial charge in [-0.05, 0) is 46.3 Å². The van der Waals surface area contributed by atoms with Crippen LogP contribution in [-0.2, 0) is 6.54 Å². The molecule has 2 aromatic rings. The van der Waals surface area contributed by atoms with Crippen LogP contribution in [0.4, 0.5) is 11.4 Å². The molecule has 2 aromatic carbocycles. The van der Waals surface area contributed by atoms with Gasteiger partial charge in [-0.25, -0.2) is 0 Å². The Bertz CT molecular complexity index is 665. The molecule has 0 fully saturated rings. The second-order valence-corrected chi connectivity index (χ2v) is 6.19. The van der Waals surface area contributed by atoms with E-state index in [1.807, 2.05) is 12.1 Å². The summed E-state index contributed by atoms with van der Waals surface area (Å²) in [7, 11) is 0. The molecule has 0 aromatic heterocycles. The van der Waals surface area contributed by atoms with Crippen molar-refractivity contribution in [1.82, 2.24) is 0 Å². The van der Waals surface area contributed by atoms with E-state index in [4.69, 9.17) is 11.6 Å². The van der Waals surface area contributed by atoms with Crippen molar-refractivity contribution in [3.05, 3.63) is 66.0 Å². The average Bonchev–Trinajstić information content (AvgIpc) is 2.41. The molecule has 0 bridgehead atoms. The van der Waals surface area contributed by atoms with Crippen LogP contribution in [0.3, 0.4) is 0 Å². The van der Waals surface area contributed by atoms with Crippen LogP contribution >= 0.6 is 43.5 Å². The van der Waals surface area contributed by atoms with E-state index in [-0.39, 0.29) is 5.69 Å². The van der Waals surface area contributed by atoms with Gasteiger partial charge in [0.2, 0.25) is 0 Å². The minimum Gasteiger partial charge on any atom is -0.381 e. The number of hydrogen-bond acceptors (Lipinski definition) is 3. The van der Waals surface area contributed by atoms with Gasteiger partial charge in [0.05, 0.1) is 9.95 Å². The van der Waals surface area contributed by atoms with E-state index in [0.717, 1.165) is 10.2 Å².